The third kappa shape index (κ3) is 3.55. The highest BCUT2D eigenvalue weighted by atomic mass is 35.5. The minimum Gasteiger partial charge on any atom is -0.314 e. The van der Waals surface area contributed by atoms with Crippen molar-refractivity contribution in [2.45, 2.75) is 44.7 Å². The zero-order chi connectivity index (χ0) is 13.8. The van der Waals surface area contributed by atoms with E-state index in [2.05, 4.69) is 22.3 Å². The van der Waals surface area contributed by atoms with Crippen molar-refractivity contribution in [1.29, 1.82) is 0 Å². The zero-order valence-electron chi connectivity index (χ0n) is 12.2. The van der Waals surface area contributed by atoms with Gasteiger partial charge in [-0.05, 0) is 36.5 Å². The average molecular weight is 293 g/mol. The standard InChI is InChI=1S/C17H25ClN2/c18-16-8-6-14(7-9-16)13-20-11-10-19-12-17(20)15-4-2-1-3-5-15/h6-9,15,17,19H,1-5,10-13H2. The third-order valence-corrected chi connectivity index (χ3v) is 5.14. The van der Waals surface area contributed by atoms with Gasteiger partial charge in [-0.2, -0.15) is 0 Å². The average Bonchev–Trinajstić information content (AvgIpc) is 2.51. The number of rotatable bonds is 3. The molecule has 1 aromatic carbocycles. The quantitative estimate of drug-likeness (QED) is 0.914. The number of nitrogens with zero attached hydrogens (tertiary/aromatic N) is 1. The fourth-order valence-electron chi connectivity index (χ4n) is 3.77. The van der Waals surface area contributed by atoms with E-state index in [0.29, 0.717) is 0 Å². The van der Waals surface area contributed by atoms with E-state index >= 15 is 0 Å². The second-order valence-corrected chi connectivity index (χ2v) is 6.70. The van der Waals surface area contributed by atoms with Gasteiger partial charge in [0.1, 0.15) is 0 Å². The molecule has 2 fully saturated rings. The molecule has 1 N–H and O–H groups in total. The molecular weight excluding hydrogens is 268 g/mol. The molecule has 1 heterocycles. The summed E-state index contributed by atoms with van der Waals surface area (Å²) in [5.41, 5.74) is 1.39. The minimum absolute atomic E-state index is 0.722. The molecule has 0 spiro atoms. The molecule has 1 aliphatic heterocycles. The molecule has 0 amide bonds. The topological polar surface area (TPSA) is 15.3 Å². The number of hydrogen-bond acceptors (Lipinski definition) is 2. The Balaban J connectivity index is 1.66. The molecule has 2 nitrogen and oxygen atoms in total. The van der Waals surface area contributed by atoms with E-state index in [1.54, 1.807) is 0 Å². The van der Waals surface area contributed by atoms with Crippen LogP contribution in [-0.2, 0) is 6.54 Å². The minimum atomic E-state index is 0.722. The van der Waals surface area contributed by atoms with Crippen LogP contribution in [0.25, 0.3) is 0 Å². The fourth-order valence-corrected chi connectivity index (χ4v) is 3.90. The molecule has 3 rings (SSSR count). The molecule has 1 aromatic rings. The number of piperazine rings is 1. The summed E-state index contributed by atoms with van der Waals surface area (Å²) in [4.78, 5) is 2.69. The van der Waals surface area contributed by atoms with Gasteiger partial charge in [0, 0.05) is 37.2 Å². The lowest BCUT2D eigenvalue weighted by Crippen LogP contribution is -2.54. The van der Waals surface area contributed by atoms with E-state index in [1.807, 2.05) is 12.1 Å². The van der Waals surface area contributed by atoms with Gasteiger partial charge in [-0.25, -0.2) is 0 Å². The molecular formula is C17H25ClN2. The summed E-state index contributed by atoms with van der Waals surface area (Å²) in [5, 5.41) is 4.43. The molecule has 1 saturated heterocycles. The molecule has 3 heteroatoms. The van der Waals surface area contributed by atoms with E-state index in [4.69, 9.17) is 11.6 Å². The van der Waals surface area contributed by atoms with E-state index < -0.39 is 0 Å². The molecule has 0 bridgehead atoms. The highest BCUT2D eigenvalue weighted by Crippen LogP contribution is 2.30. The molecule has 2 aliphatic rings. The first-order valence-electron chi connectivity index (χ1n) is 8.02. The van der Waals surface area contributed by atoms with Gasteiger partial charge in [-0.1, -0.05) is 43.0 Å². The summed E-state index contributed by atoms with van der Waals surface area (Å²) < 4.78 is 0. The fraction of sp³-hybridized carbons (Fsp3) is 0.647. The van der Waals surface area contributed by atoms with Gasteiger partial charge in [-0.3, -0.25) is 4.90 Å². The molecule has 0 aromatic heterocycles. The van der Waals surface area contributed by atoms with Crippen LogP contribution in [0.15, 0.2) is 24.3 Å². The van der Waals surface area contributed by atoms with Gasteiger partial charge in [0.2, 0.25) is 0 Å². The van der Waals surface area contributed by atoms with Crippen molar-refractivity contribution in [2.24, 2.45) is 5.92 Å². The Hall–Kier alpha value is -0.570. The van der Waals surface area contributed by atoms with Crippen molar-refractivity contribution < 1.29 is 0 Å². The molecule has 110 valence electrons. The van der Waals surface area contributed by atoms with Crippen molar-refractivity contribution in [3.8, 4) is 0 Å². The summed E-state index contributed by atoms with van der Waals surface area (Å²) in [7, 11) is 0. The summed E-state index contributed by atoms with van der Waals surface area (Å²) in [6.45, 7) is 4.53. The molecule has 1 saturated carbocycles. The van der Waals surface area contributed by atoms with Crippen LogP contribution < -0.4 is 5.32 Å². The van der Waals surface area contributed by atoms with Crippen molar-refractivity contribution >= 4 is 11.6 Å². The molecule has 20 heavy (non-hydrogen) atoms. The first kappa shape index (κ1) is 14.4. The van der Waals surface area contributed by atoms with Gasteiger partial charge >= 0.3 is 0 Å². The van der Waals surface area contributed by atoms with Gasteiger partial charge in [0.15, 0.2) is 0 Å². The van der Waals surface area contributed by atoms with E-state index in [9.17, 15) is 0 Å². The maximum atomic E-state index is 5.98. The van der Waals surface area contributed by atoms with Crippen LogP contribution in [-0.4, -0.2) is 30.6 Å². The molecule has 1 aliphatic carbocycles. The van der Waals surface area contributed by atoms with Crippen molar-refractivity contribution in [3.05, 3.63) is 34.9 Å². The number of benzene rings is 1. The zero-order valence-corrected chi connectivity index (χ0v) is 12.9. The van der Waals surface area contributed by atoms with E-state index in [-0.39, 0.29) is 0 Å². The number of hydrogen-bond donors (Lipinski definition) is 1. The van der Waals surface area contributed by atoms with E-state index in [0.717, 1.165) is 36.6 Å². The SMILES string of the molecule is Clc1ccc(CN2CCNCC2C2CCCCC2)cc1. The Bertz CT molecular complexity index is 412. The van der Waals surface area contributed by atoms with Crippen molar-refractivity contribution in [2.75, 3.05) is 19.6 Å². The molecule has 1 atom stereocenters. The van der Waals surface area contributed by atoms with Gasteiger partial charge in [0.05, 0.1) is 0 Å². The van der Waals surface area contributed by atoms with Crippen molar-refractivity contribution in [1.82, 2.24) is 10.2 Å². The van der Waals surface area contributed by atoms with Crippen LogP contribution >= 0.6 is 11.6 Å². The lowest BCUT2D eigenvalue weighted by atomic mass is 9.82. The Morgan fingerprint density at radius 2 is 1.85 bits per heavy atom. The summed E-state index contributed by atoms with van der Waals surface area (Å²) in [5.74, 6) is 0.892. The van der Waals surface area contributed by atoms with Gasteiger partial charge in [-0.15, -0.1) is 0 Å². The third-order valence-electron chi connectivity index (χ3n) is 4.89. The molecule has 0 radical (unpaired) electrons. The second-order valence-electron chi connectivity index (χ2n) is 6.27. The predicted molar refractivity (Wildman–Crippen MR) is 85.1 cm³/mol. The monoisotopic (exact) mass is 292 g/mol. The molecule has 1 unspecified atom stereocenters. The second kappa shape index (κ2) is 6.93. The lowest BCUT2D eigenvalue weighted by molar-refractivity contribution is 0.0860. The van der Waals surface area contributed by atoms with Gasteiger partial charge in [0.25, 0.3) is 0 Å². The Kier molecular flexibility index (Phi) is 4.98. The predicted octanol–water partition coefficient (Wildman–Crippen LogP) is 3.69. The van der Waals surface area contributed by atoms with Crippen LogP contribution in [0, 0.1) is 5.92 Å². The summed E-state index contributed by atoms with van der Waals surface area (Å²) in [6, 6.07) is 9.08. The number of nitrogens with one attached hydrogen (secondary N) is 1. The highest BCUT2D eigenvalue weighted by Gasteiger charge is 2.30. The normalized spacial score (nSPS) is 25.8. The maximum Gasteiger partial charge on any atom is 0.0406 e. The van der Waals surface area contributed by atoms with Crippen LogP contribution in [0.1, 0.15) is 37.7 Å². The van der Waals surface area contributed by atoms with Crippen LogP contribution in [0.5, 0.6) is 0 Å². The van der Waals surface area contributed by atoms with Gasteiger partial charge < -0.3 is 5.32 Å². The Morgan fingerprint density at radius 1 is 1.10 bits per heavy atom. The van der Waals surface area contributed by atoms with Crippen LogP contribution in [0.3, 0.4) is 0 Å². The number of halogens is 1. The van der Waals surface area contributed by atoms with Crippen molar-refractivity contribution in [3.63, 3.8) is 0 Å². The Labute approximate surface area is 127 Å². The Morgan fingerprint density at radius 3 is 2.60 bits per heavy atom. The summed E-state index contributed by atoms with van der Waals surface area (Å²) in [6.07, 6.45) is 7.13. The summed E-state index contributed by atoms with van der Waals surface area (Å²) >= 11 is 5.98. The smallest absolute Gasteiger partial charge is 0.0406 e. The highest BCUT2D eigenvalue weighted by molar-refractivity contribution is 6.30. The van der Waals surface area contributed by atoms with Crippen LogP contribution in [0.2, 0.25) is 5.02 Å². The lowest BCUT2D eigenvalue weighted by Gasteiger charge is -2.42. The first-order chi connectivity index (χ1) is 9.83. The first-order valence-corrected chi connectivity index (χ1v) is 8.40. The van der Waals surface area contributed by atoms with Crippen LogP contribution in [0.4, 0.5) is 0 Å². The maximum absolute atomic E-state index is 5.98. The largest absolute Gasteiger partial charge is 0.314 e. The van der Waals surface area contributed by atoms with E-state index in [1.165, 1.54) is 44.2 Å².